The second-order valence-corrected chi connectivity index (χ2v) is 7.96. The Hall–Kier alpha value is -1.37. The second-order valence-electron chi connectivity index (χ2n) is 7.96. The van der Waals surface area contributed by atoms with E-state index in [1.54, 1.807) is 7.11 Å². The van der Waals surface area contributed by atoms with E-state index in [2.05, 4.69) is 0 Å². The summed E-state index contributed by atoms with van der Waals surface area (Å²) >= 11 is 0. The first-order chi connectivity index (χ1) is 12.1. The van der Waals surface area contributed by atoms with Crippen LogP contribution in [0.4, 0.5) is 0 Å². The lowest BCUT2D eigenvalue weighted by Crippen LogP contribution is -2.41. The molecule has 0 N–H and O–H groups in total. The van der Waals surface area contributed by atoms with Crippen LogP contribution in [0.5, 0.6) is 5.75 Å². The lowest BCUT2D eigenvalue weighted by atomic mass is 9.81. The fourth-order valence-corrected chi connectivity index (χ4v) is 2.76. The predicted octanol–water partition coefficient (Wildman–Crippen LogP) is 3.90. The van der Waals surface area contributed by atoms with Crippen molar-refractivity contribution < 1.29 is 23.6 Å². The number of hydrogen-bond acceptors (Lipinski definition) is 5. The molecule has 1 saturated heterocycles. The Morgan fingerprint density at radius 1 is 1.12 bits per heavy atom. The van der Waals surface area contributed by atoms with Crippen LogP contribution >= 0.6 is 0 Å². The van der Waals surface area contributed by atoms with E-state index in [9.17, 15) is 4.79 Å². The lowest BCUT2D eigenvalue weighted by molar-refractivity contribution is -0.124. The molecule has 5 nitrogen and oxygen atoms in total. The highest BCUT2D eigenvalue weighted by Gasteiger charge is 2.50. The van der Waals surface area contributed by atoms with Crippen LogP contribution in [0.25, 0.3) is 0 Å². The molecule has 0 bridgehead atoms. The van der Waals surface area contributed by atoms with E-state index in [-0.39, 0.29) is 30.0 Å². The first-order valence-corrected chi connectivity index (χ1v) is 9.23. The minimum absolute atomic E-state index is 0.143. The maximum atomic E-state index is 12.3. The molecule has 0 saturated carbocycles. The number of Topliss-reactive ketones (excluding diaryl/α,β-unsaturated/α-hetero) is 1. The molecule has 6 heteroatoms. The third kappa shape index (κ3) is 5.32. The number of carbonyl (C=O) groups is 1. The van der Waals surface area contributed by atoms with Crippen LogP contribution in [0, 0.1) is 5.92 Å². The van der Waals surface area contributed by atoms with Gasteiger partial charge in [0.2, 0.25) is 0 Å². The van der Waals surface area contributed by atoms with Crippen LogP contribution < -0.4 is 4.74 Å². The van der Waals surface area contributed by atoms with Gasteiger partial charge in [0.05, 0.1) is 31.5 Å². The van der Waals surface area contributed by atoms with Gasteiger partial charge in [-0.25, -0.2) is 0 Å². The number of ether oxygens (including phenoxy) is 2. The van der Waals surface area contributed by atoms with Crippen LogP contribution in [-0.2, 0) is 25.4 Å². The Morgan fingerprint density at radius 3 is 2.23 bits per heavy atom. The number of rotatable bonds is 9. The van der Waals surface area contributed by atoms with Crippen molar-refractivity contribution in [1.82, 2.24) is 0 Å². The van der Waals surface area contributed by atoms with E-state index >= 15 is 0 Å². The molecule has 0 aliphatic carbocycles. The highest BCUT2D eigenvalue weighted by molar-refractivity contribution is 6.45. The van der Waals surface area contributed by atoms with Crippen molar-refractivity contribution in [1.29, 1.82) is 0 Å². The SMILES string of the molecule is COc1ccc(COCC(C)C(=O)CCB2OC(C)(C)C(C)(C)O2)cc1. The zero-order chi connectivity index (χ0) is 19.4. The zero-order valence-corrected chi connectivity index (χ0v) is 16.8. The van der Waals surface area contributed by atoms with Gasteiger partial charge >= 0.3 is 7.12 Å². The molecular formula is C20H31BO5. The standard InChI is InChI=1S/C20H31BO5/c1-15(13-24-14-16-7-9-17(23-6)10-8-16)18(22)11-12-21-25-19(2,3)20(4,5)26-21/h7-10,15H,11-14H2,1-6H3. The van der Waals surface area contributed by atoms with E-state index in [0.29, 0.717) is 26.0 Å². The summed E-state index contributed by atoms with van der Waals surface area (Å²) in [4.78, 5) is 12.3. The summed E-state index contributed by atoms with van der Waals surface area (Å²) in [6.07, 6.45) is 1.01. The van der Waals surface area contributed by atoms with Crippen molar-refractivity contribution in [3.05, 3.63) is 29.8 Å². The molecule has 1 aromatic rings. The Bertz CT molecular complexity index is 581. The highest BCUT2D eigenvalue weighted by Crippen LogP contribution is 2.38. The van der Waals surface area contributed by atoms with Crippen molar-refractivity contribution in [2.24, 2.45) is 5.92 Å². The highest BCUT2D eigenvalue weighted by atomic mass is 16.7. The van der Waals surface area contributed by atoms with Crippen LogP contribution in [0.2, 0.25) is 6.32 Å². The summed E-state index contributed by atoms with van der Waals surface area (Å²) in [5.41, 5.74) is 0.351. The van der Waals surface area contributed by atoms with Gasteiger partial charge in [0.1, 0.15) is 11.5 Å². The topological polar surface area (TPSA) is 54.0 Å². The molecule has 144 valence electrons. The maximum absolute atomic E-state index is 12.3. The third-order valence-corrected chi connectivity index (χ3v) is 5.27. The smallest absolute Gasteiger partial charge is 0.458 e. The molecule has 0 radical (unpaired) electrons. The van der Waals surface area contributed by atoms with Gasteiger partial charge in [-0.3, -0.25) is 4.79 Å². The summed E-state index contributed by atoms with van der Waals surface area (Å²) in [5, 5.41) is 0. The van der Waals surface area contributed by atoms with Crippen molar-refractivity contribution >= 4 is 12.9 Å². The molecule has 1 aliphatic heterocycles. The predicted molar refractivity (Wildman–Crippen MR) is 102 cm³/mol. The fourth-order valence-electron chi connectivity index (χ4n) is 2.76. The van der Waals surface area contributed by atoms with Crippen molar-refractivity contribution in [3.8, 4) is 5.75 Å². The van der Waals surface area contributed by atoms with Crippen LogP contribution in [0.1, 0.15) is 46.6 Å². The van der Waals surface area contributed by atoms with E-state index in [4.69, 9.17) is 18.8 Å². The number of carbonyl (C=O) groups excluding carboxylic acids is 1. The molecule has 1 heterocycles. The molecule has 0 aromatic heterocycles. The first kappa shape index (κ1) is 20.9. The van der Waals surface area contributed by atoms with Crippen molar-refractivity contribution in [2.75, 3.05) is 13.7 Å². The normalized spacial score (nSPS) is 19.4. The summed E-state index contributed by atoms with van der Waals surface area (Å²) in [5.74, 6) is 0.852. The third-order valence-electron chi connectivity index (χ3n) is 5.27. The molecule has 0 spiro atoms. The van der Waals surface area contributed by atoms with Gasteiger partial charge in [-0.2, -0.15) is 0 Å². The minimum atomic E-state index is -0.353. The van der Waals surface area contributed by atoms with Gasteiger partial charge < -0.3 is 18.8 Å². The molecule has 1 aliphatic rings. The second kappa shape index (κ2) is 8.55. The molecule has 1 unspecified atom stereocenters. The van der Waals surface area contributed by atoms with Crippen LogP contribution in [-0.4, -0.2) is 37.8 Å². The van der Waals surface area contributed by atoms with Crippen molar-refractivity contribution in [3.63, 3.8) is 0 Å². The number of benzene rings is 1. The number of ketones is 1. The monoisotopic (exact) mass is 362 g/mol. The van der Waals surface area contributed by atoms with Gasteiger partial charge in [0.25, 0.3) is 0 Å². The maximum Gasteiger partial charge on any atom is 0.458 e. The Balaban J connectivity index is 1.69. The molecular weight excluding hydrogens is 331 g/mol. The Kier molecular flexibility index (Phi) is 6.89. The molecule has 1 atom stereocenters. The van der Waals surface area contributed by atoms with E-state index in [0.717, 1.165) is 11.3 Å². The molecule has 1 fully saturated rings. The summed E-state index contributed by atoms with van der Waals surface area (Å²) in [6.45, 7) is 10.9. The van der Waals surface area contributed by atoms with Gasteiger partial charge in [0, 0.05) is 12.3 Å². The van der Waals surface area contributed by atoms with Gasteiger partial charge in [-0.1, -0.05) is 19.1 Å². The molecule has 26 heavy (non-hydrogen) atoms. The number of hydrogen-bond donors (Lipinski definition) is 0. The van der Waals surface area contributed by atoms with Gasteiger partial charge in [-0.15, -0.1) is 0 Å². The van der Waals surface area contributed by atoms with E-state index in [1.807, 2.05) is 58.9 Å². The van der Waals surface area contributed by atoms with Gasteiger partial charge in [-0.05, 0) is 51.7 Å². The number of methoxy groups -OCH3 is 1. The van der Waals surface area contributed by atoms with E-state index < -0.39 is 0 Å². The summed E-state index contributed by atoms with van der Waals surface area (Å²) in [7, 11) is 1.32. The fraction of sp³-hybridized carbons (Fsp3) is 0.650. The molecule has 2 rings (SSSR count). The lowest BCUT2D eigenvalue weighted by Gasteiger charge is -2.32. The largest absolute Gasteiger partial charge is 0.497 e. The van der Waals surface area contributed by atoms with Crippen LogP contribution in [0.3, 0.4) is 0 Å². The molecule has 1 aromatic carbocycles. The van der Waals surface area contributed by atoms with Crippen molar-refractivity contribution in [2.45, 2.75) is 65.2 Å². The average Bonchev–Trinajstić information content (AvgIpc) is 2.80. The Morgan fingerprint density at radius 2 is 1.69 bits per heavy atom. The minimum Gasteiger partial charge on any atom is -0.497 e. The quantitative estimate of drug-likeness (QED) is 0.624. The van der Waals surface area contributed by atoms with Gasteiger partial charge in [0.15, 0.2) is 0 Å². The van der Waals surface area contributed by atoms with Crippen LogP contribution in [0.15, 0.2) is 24.3 Å². The zero-order valence-electron chi connectivity index (χ0n) is 16.8. The first-order valence-electron chi connectivity index (χ1n) is 9.23. The average molecular weight is 362 g/mol. The van der Waals surface area contributed by atoms with E-state index in [1.165, 1.54) is 0 Å². The molecule has 0 amide bonds. The Labute approximate surface area is 157 Å². The summed E-state index contributed by atoms with van der Waals surface area (Å²) < 4.78 is 22.7. The summed E-state index contributed by atoms with van der Waals surface area (Å²) in [6, 6.07) is 7.73.